The molecule has 3 aliphatic rings. The lowest BCUT2D eigenvalue weighted by molar-refractivity contribution is -0.138. The molecule has 0 saturated carbocycles. The van der Waals surface area contributed by atoms with Crippen molar-refractivity contribution in [3.8, 4) is 11.5 Å². The summed E-state index contributed by atoms with van der Waals surface area (Å²) in [6, 6.07) is 12.0. The van der Waals surface area contributed by atoms with Gasteiger partial charge in [0.25, 0.3) is 0 Å². The topological polar surface area (TPSA) is 93.1 Å². The van der Waals surface area contributed by atoms with Crippen LogP contribution in [0.4, 0.5) is 0 Å². The molecular weight excluding hydrogens is 506 g/mol. The molecule has 0 unspecified atom stereocenters. The Morgan fingerprint density at radius 1 is 1.02 bits per heavy atom. The average Bonchev–Trinajstić information content (AvgIpc) is 2.93. The minimum Gasteiger partial charge on any atom is -0.493 e. The first-order valence-corrected chi connectivity index (χ1v) is 13.8. The molecule has 7 heteroatoms. The molecule has 0 amide bonds. The smallest absolute Gasteiger partial charge is 0.323 e. The number of hydrogen-bond donors (Lipinski definition) is 1. The number of Topliss-reactive ketones (excluding diaryl/α,β-unsaturated/α-hetero) is 2. The Labute approximate surface area is 234 Å². The average molecular weight is 542 g/mol. The fraction of sp³-hybridized carbons (Fsp3) is 0.364. The second-order valence-electron chi connectivity index (χ2n) is 10.7. The SMILES string of the molecule is C=CCc1cc(C2C3=C(CCCC3=O)N(CC(=O)O)C3=C2C(=O)CCC3)cc(OC)c1OCc1ccc(C)cc1. The molecule has 208 valence electrons. The Kier molecular flexibility index (Phi) is 7.92. The summed E-state index contributed by atoms with van der Waals surface area (Å²) < 4.78 is 12.1. The van der Waals surface area contributed by atoms with Gasteiger partial charge in [0.1, 0.15) is 13.2 Å². The van der Waals surface area contributed by atoms with Gasteiger partial charge in [-0.05, 0) is 56.2 Å². The van der Waals surface area contributed by atoms with Gasteiger partial charge in [-0.15, -0.1) is 6.58 Å². The van der Waals surface area contributed by atoms with E-state index in [1.807, 2.05) is 43.3 Å². The van der Waals surface area contributed by atoms with E-state index in [0.717, 1.165) is 28.1 Å². The molecule has 40 heavy (non-hydrogen) atoms. The Hall–Kier alpha value is -4.13. The van der Waals surface area contributed by atoms with Crippen LogP contribution in [0.5, 0.6) is 11.5 Å². The van der Waals surface area contributed by atoms with Crippen LogP contribution in [0.3, 0.4) is 0 Å². The first-order valence-electron chi connectivity index (χ1n) is 13.8. The van der Waals surface area contributed by atoms with Gasteiger partial charge in [0, 0.05) is 46.9 Å². The van der Waals surface area contributed by atoms with Crippen molar-refractivity contribution < 1.29 is 29.0 Å². The van der Waals surface area contributed by atoms with Gasteiger partial charge in [0.15, 0.2) is 23.1 Å². The Balaban J connectivity index is 1.64. The summed E-state index contributed by atoms with van der Waals surface area (Å²) in [6.45, 7) is 6.06. The lowest BCUT2D eigenvalue weighted by Crippen LogP contribution is -2.41. The van der Waals surface area contributed by atoms with E-state index in [2.05, 4.69) is 6.58 Å². The van der Waals surface area contributed by atoms with Crippen LogP contribution in [0.25, 0.3) is 0 Å². The van der Waals surface area contributed by atoms with Crippen LogP contribution >= 0.6 is 0 Å². The van der Waals surface area contributed by atoms with E-state index in [4.69, 9.17) is 9.47 Å². The molecule has 0 aromatic heterocycles. The number of carbonyl (C=O) groups is 3. The number of carboxylic acids is 1. The lowest BCUT2D eigenvalue weighted by Gasteiger charge is -2.43. The number of aryl methyl sites for hydroxylation is 1. The summed E-state index contributed by atoms with van der Waals surface area (Å²) in [6.07, 6.45) is 5.57. The van der Waals surface area contributed by atoms with Gasteiger partial charge in [0.05, 0.1) is 7.11 Å². The second-order valence-corrected chi connectivity index (χ2v) is 10.7. The third kappa shape index (κ3) is 5.20. The molecule has 2 aromatic carbocycles. The zero-order chi connectivity index (χ0) is 28.4. The van der Waals surface area contributed by atoms with Crippen LogP contribution in [0.15, 0.2) is 71.6 Å². The van der Waals surface area contributed by atoms with Crippen LogP contribution < -0.4 is 9.47 Å². The van der Waals surface area contributed by atoms with Crippen molar-refractivity contribution in [2.75, 3.05) is 13.7 Å². The predicted molar refractivity (Wildman–Crippen MR) is 151 cm³/mol. The number of benzene rings is 2. The molecule has 0 bridgehead atoms. The maximum atomic E-state index is 13.5. The van der Waals surface area contributed by atoms with Gasteiger partial charge in [-0.2, -0.15) is 0 Å². The number of nitrogens with zero attached hydrogens (tertiary/aromatic N) is 1. The Morgan fingerprint density at radius 3 is 2.20 bits per heavy atom. The van der Waals surface area contributed by atoms with E-state index >= 15 is 0 Å². The summed E-state index contributed by atoms with van der Waals surface area (Å²) in [4.78, 5) is 40.6. The van der Waals surface area contributed by atoms with Crippen molar-refractivity contribution in [3.05, 3.63) is 93.8 Å². The normalized spacial score (nSPS) is 17.5. The molecule has 2 aromatic rings. The zero-order valence-corrected chi connectivity index (χ0v) is 23.1. The summed E-state index contributed by atoms with van der Waals surface area (Å²) in [5.74, 6) is -0.503. The van der Waals surface area contributed by atoms with Crippen molar-refractivity contribution in [3.63, 3.8) is 0 Å². The van der Waals surface area contributed by atoms with E-state index in [0.29, 0.717) is 74.2 Å². The number of carboxylic acid groups (broad SMARTS) is 1. The van der Waals surface area contributed by atoms with Crippen molar-refractivity contribution in [2.45, 2.75) is 64.4 Å². The standard InChI is InChI=1S/C33H35NO6/c1-4-7-22-16-23(17-28(39-3)33(22)40-19-21-14-12-20(2)13-15-21)30-31-24(8-5-10-26(31)35)34(18-29(37)38)25-9-6-11-27(36)32(25)30/h4,12-17,30H,1,5-11,18-19H2,2-3H3,(H,37,38). The van der Waals surface area contributed by atoms with Crippen LogP contribution in [0.1, 0.15) is 66.7 Å². The third-order valence-corrected chi connectivity index (χ3v) is 7.96. The highest BCUT2D eigenvalue weighted by Gasteiger charge is 2.44. The summed E-state index contributed by atoms with van der Waals surface area (Å²) in [5, 5.41) is 9.71. The first kappa shape index (κ1) is 27.4. The monoisotopic (exact) mass is 541 g/mol. The minimum atomic E-state index is -0.988. The zero-order valence-electron chi connectivity index (χ0n) is 23.1. The number of rotatable bonds is 9. The van der Waals surface area contributed by atoms with Crippen molar-refractivity contribution in [1.29, 1.82) is 0 Å². The molecule has 1 N–H and O–H groups in total. The van der Waals surface area contributed by atoms with E-state index in [1.165, 1.54) is 5.56 Å². The molecule has 0 atom stereocenters. The molecule has 0 radical (unpaired) electrons. The van der Waals surface area contributed by atoms with E-state index in [9.17, 15) is 19.5 Å². The number of methoxy groups -OCH3 is 1. The maximum absolute atomic E-state index is 13.5. The van der Waals surface area contributed by atoms with Gasteiger partial charge in [-0.25, -0.2) is 0 Å². The first-order chi connectivity index (χ1) is 19.3. The van der Waals surface area contributed by atoms with Crippen LogP contribution in [0, 0.1) is 6.92 Å². The molecular formula is C33H35NO6. The third-order valence-electron chi connectivity index (χ3n) is 7.96. The fourth-order valence-electron chi connectivity index (χ4n) is 6.19. The van der Waals surface area contributed by atoms with Gasteiger partial charge < -0.3 is 19.5 Å². The number of hydrogen-bond acceptors (Lipinski definition) is 6. The number of carbonyl (C=O) groups excluding carboxylic acids is 2. The minimum absolute atomic E-state index is 0.0319. The lowest BCUT2D eigenvalue weighted by atomic mass is 9.70. The quantitative estimate of drug-likeness (QED) is 0.401. The van der Waals surface area contributed by atoms with Gasteiger partial charge >= 0.3 is 5.97 Å². The number of ketones is 2. The maximum Gasteiger partial charge on any atom is 0.323 e. The highest BCUT2D eigenvalue weighted by atomic mass is 16.5. The highest BCUT2D eigenvalue weighted by Crippen LogP contribution is 2.50. The van der Waals surface area contributed by atoms with Gasteiger partial charge in [-0.3, -0.25) is 14.4 Å². The predicted octanol–water partition coefficient (Wildman–Crippen LogP) is 5.81. The van der Waals surface area contributed by atoms with Crippen LogP contribution in [0.2, 0.25) is 0 Å². The number of ether oxygens (including phenoxy) is 2. The van der Waals surface area contributed by atoms with Crippen LogP contribution in [-0.2, 0) is 27.4 Å². The molecule has 0 fully saturated rings. The van der Waals surface area contributed by atoms with Crippen molar-refractivity contribution >= 4 is 17.5 Å². The van der Waals surface area contributed by atoms with Gasteiger partial charge in [0.2, 0.25) is 0 Å². The summed E-state index contributed by atoms with van der Waals surface area (Å²) in [7, 11) is 1.58. The molecule has 0 saturated heterocycles. The van der Waals surface area contributed by atoms with E-state index < -0.39 is 11.9 Å². The number of allylic oxidation sites excluding steroid dienone is 5. The molecule has 7 nitrogen and oxygen atoms in total. The molecule has 1 heterocycles. The Morgan fingerprint density at radius 2 is 1.65 bits per heavy atom. The molecule has 0 spiro atoms. The van der Waals surface area contributed by atoms with Crippen molar-refractivity contribution in [1.82, 2.24) is 4.90 Å². The van der Waals surface area contributed by atoms with Gasteiger partial charge in [-0.1, -0.05) is 42.0 Å². The second kappa shape index (κ2) is 11.5. The van der Waals surface area contributed by atoms with Crippen LogP contribution in [-0.4, -0.2) is 41.2 Å². The highest BCUT2D eigenvalue weighted by molar-refractivity contribution is 6.06. The summed E-state index contributed by atoms with van der Waals surface area (Å²) in [5.41, 5.74) is 6.38. The van der Waals surface area contributed by atoms with Crippen molar-refractivity contribution in [2.24, 2.45) is 0 Å². The molecule has 5 rings (SSSR count). The fourth-order valence-corrected chi connectivity index (χ4v) is 6.19. The number of aliphatic carboxylic acids is 1. The molecule has 2 aliphatic carbocycles. The molecule has 1 aliphatic heterocycles. The Bertz CT molecular complexity index is 1390. The van der Waals surface area contributed by atoms with E-state index in [-0.39, 0.29) is 18.1 Å². The van der Waals surface area contributed by atoms with E-state index in [1.54, 1.807) is 18.1 Å². The largest absolute Gasteiger partial charge is 0.493 e. The summed E-state index contributed by atoms with van der Waals surface area (Å²) >= 11 is 0.